The van der Waals surface area contributed by atoms with E-state index in [1.807, 2.05) is 12.1 Å². The van der Waals surface area contributed by atoms with E-state index in [2.05, 4.69) is 10.2 Å². The second-order valence-electron chi connectivity index (χ2n) is 7.19. The van der Waals surface area contributed by atoms with Crippen molar-refractivity contribution in [2.75, 3.05) is 54.2 Å². The van der Waals surface area contributed by atoms with Gasteiger partial charge >= 0.3 is 0 Å². The highest BCUT2D eigenvalue weighted by atomic mass is 35.5. The lowest BCUT2D eigenvalue weighted by Gasteiger charge is -2.30. The number of amides is 1. The fourth-order valence-corrected chi connectivity index (χ4v) is 4.78. The lowest BCUT2D eigenvalue weighted by Crippen LogP contribution is -2.45. The van der Waals surface area contributed by atoms with Gasteiger partial charge in [-0.05, 0) is 49.4 Å². The minimum atomic E-state index is -3.81. The number of benzene rings is 2. The quantitative estimate of drug-likeness (QED) is 0.673. The van der Waals surface area contributed by atoms with Crippen LogP contribution in [0.4, 0.5) is 17.1 Å². The van der Waals surface area contributed by atoms with Gasteiger partial charge < -0.3 is 19.7 Å². The smallest absolute Gasteiger partial charge is 0.247 e. The molecule has 0 bridgehead atoms. The van der Waals surface area contributed by atoms with Crippen molar-refractivity contribution in [3.05, 3.63) is 47.5 Å². The van der Waals surface area contributed by atoms with Crippen LogP contribution in [0.2, 0.25) is 5.02 Å². The maximum atomic E-state index is 12.9. The van der Waals surface area contributed by atoms with Crippen molar-refractivity contribution in [2.45, 2.75) is 13.0 Å². The zero-order valence-corrected chi connectivity index (χ0v) is 19.2. The number of morpholine rings is 1. The number of methoxy groups -OCH3 is 1. The molecule has 0 unspecified atom stereocenters. The van der Waals surface area contributed by atoms with Gasteiger partial charge in [0.15, 0.2) is 0 Å². The molecular formula is C21H26ClN3O5S. The van der Waals surface area contributed by atoms with Crippen LogP contribution in [0.25, 0.3) is 0 Å². The molecule has 0 radical (unpaired) electrons. The molecule has 1 heterocycles. The third-order valence-electron chi connectivity index (χ3n) is 4.98. The van der Waals surface area contributed by atoms with Gasteiger partial charge in [0.25, 0.3) is 0 Å². The van der Waals surface area contributed by atoms with Crippen LogP contribution in [0.1, 0.15) is 6.92 Å². The first-order valence-corrected chi connectivity index (χ1v) is 12.0. The lowest BCUT2D eigenvalue weighted by molar-refractivity contribution is -0.116. The summed E-state index contributed by atoms with van der Waals surface area (Å²) >= 11 is 6.07. The number of sulfonamides is 1. The predicted octanol–water partition coefficient (Wildman–Crippen LogP) is 2.98. The molecule has 0 aliphatic carbocycles. The van der Waals surface area contributed by atoms with Crippen LogP contribution in [0.15, 0.2) is 42.5 Å². The number of carbonyl (C=O) groups excluding carboxylic acids is 1. The predicted molar refractivity (Wildman–Crippen MR) is 123 cm³/mol. The summed E-state index contributed by atoms with van der Waals surface area (Å²) in [5.74, 6) is -0.184. The highest BCUT2D eigenvalue weighted by Crippen LogP contribution is 2.34. The molecule has 2 aromatic carbocycles. The summed E-state index contributed by atoms with van der Waals surface area (Å²) in [4.78, 5) is 15.1. The summed E-state index contributed by atoms with van der Waals surface area (Å²) in [6.45, 7) is 4.51. The van der Waals surface area contributed by atoms with E-state index in [0.29, 0.717) is 29.7 Å². The number of halogens is 1. The second-order valence-corrected chi connectivity index (χ2v) is 9.48. The molecule has 0 spiro atoms. The minimum Gasteiger partial charge on any atom is -0.495 e. The Morgan fingerprint density at radius 3 is 2.42 bits per heavy atom. The molecular weight excluding hydrogens is 442 g/mol. The normalized spacial score (nSPS) is 15.3. The summed E-state index contributed by atoms with van der Waals surface area (Å²) in [5, 5.41) is 3.11. The SMILES string of the molecule is COc1ccc(Cl)cc1N([C@H](C)C(=O)Nc1ccc(N2CCOCC2)cc1)S(C)(=O)=O. The Morgan fingerprint density at radius 1 is 1.19 bits per heavy atom. The molecule has 1 aliphatic rings. The molecule has 0 saturated carbocycles. The molecule has 1 aliphatic heterocycles. The monoisotopic (exact) mass is 467 g/mol. The van der Waals surface area contributed by atoms with Gasteiger partial charge in [-0.3, -0.25) is 9.10 Å². The van der Waals surface area contributed by atoms with E-state index in [-0.39, 0.29) is 5.69 Å². The van der Waals surface area contributed by atoms with E-state index in [0.717, 1.165) is 29.3 Å². The number of carbonyl (C=O) groups is 1. The highest BCUT2D eigenvalue weighted by Gasteiger charge is 2.31. The molecule has 168 valence electrons. The number of hydrogen-bond acceptors (Lipinski definition) is 6. The Morgan fingerprint density at radius 2 is 1.84 bits per heavy atom. The number of anilines is 3. The third-order valence-corrected chi connectivity index (χ3v) is 6.44. The maximum absolute atomic E-state index is 12.9. The lowest BCUT2D eigenvalue weighted by atomic mass is 10.2. The van der Waals surface area contributed by atoms with E-state index >= 15 is 0 Å². The van der Waals surface area contributed by atoms with E-state index < -0.39 is 22.0 Å². The molecule has 1 fully saturated rings. The van der Waals surface area contributed by atoms with Crippen molar-refractivity contribution in [2.24, 2.45) is 0 Å². The summed E-state index contributed by atoms with van der Waals surface area (Å²) in [6.07, 6.45) is 1.04. The fraction of sp³-hybridized carbons (Fsp3) is 0.381. The van der Waals surface area contributed by atoms with Crippen molar-refractivity contribution in [3.8, 4) is 5.75 Å². The zero-order chi connectivity index (χ0) is 22.6. The van der Waals surface area contributed by atoms with Gasteiger partial charge in [0, 0.05) is 29.5 Å². The molecule has 2 aromatic rings. The molecule has 1 amide bonds. The molecule has 31 heavy (non-hydrogen) atoms. The van der Waals surface area contributed by atoms with Crippen LogP contribution in [0.3, 0.4) is 0 Å². The van der Waals surface area contributed by atoms with Crippen molar-refractivity contribution in [1.82, 2.24) is 0 Å². The molecule has 1 N–H and O–H groups in total. The maximum Gasteiger partial charge on any atom is 0.247 e. The van der Waals surface area contributed by atoms with E-state index in [4.69, 9.17) is 21.1 Å². The van der Waals surface area contributed by atoms with Gasteiger partial charge in [0.2, 0.25) is 15.9 Å². The van der Waals surface area contributed by atoms with Crippen molar-refractivity contribution in [3.63, 3.8) is 0 Å². The Labute approximate surface area is 187 Å². The fourth-order valence-electron chi connectivity index (χ4n) is 3.44. The van der Waals surface area contributed by atoms with Crippen LogP contribution in [0.5, 0.6) is 5.75 Å². The molecule has 1 saturated heterocycles. The first-order chi connectivity index (χ1) is 14.7. The summed E-state index contributed by atoms with van der Waals surface area (Å²) in [7, 11) is -2.39. The summed E-state index contributed by atoms with van der Waals surface area (Å²) in [6, 6.07) is 11.0. The standard InChI is InChI=1S/C21H26ClN3O5S/c1-15(25(31(3,27)28)19-14-16(22)4-9-20(19)29-2)21(26)23-17-5-7-18(8-6-17)24-10-12-30-13-11-24/h4-9,14-15H,10-13H2,1-3H3,(H,23,26)/t15-/m1/s1. The molecule has 1 atom stereocenters. The van der Waals surface area contributed by atoms with Crippen LogP contribution in [0, 0.1) is 0 Å². The first kappa shape index (κ1) is 23.2. The third kappa shape index (κ3) is 5.61. The minimum absolute atomic E-state index is 0.197. The van der Waals surface area contributed by atoms with Crippen molar-refractivity contribution >= 4 is 44.6 Å². The number of ether oxygens (including phenoxy) is 2. The van der Waals surface area contributed by atoms with Crippen LogP contribution in [-0.4, -0.2) is 60.0 Å². The highest BCUT2D eigenvalue weighted by molar-refractivity contribution is 7.92. The number of rotatable bonds is 7. The van der Waals surface area contributed by atoms with E-state index in [9.17, 15) is 13.2 Å². The second kappa shape index (κ2) is 9.76. The van der Waals surface area contributed by atoms with E-state index in [1.54, 1.807) is 24.3 Å². The number of nitrogens with zero attached hydrogens (tertiary/aromatic N) is 2. The van der Waals surface area contributed by atoms with E-state index in [1.165, 1.54) is 20.1 Å². The van der Waals surface area contributed by atoms with Crippen molar-refractivity contribution < 1.29 is 22.7 Å². The molecule has 0 aromatic heterocycles. The molecule has 3 rings (SSSR count). The largest absolute Gasteiger partial charge is 0.495 e. The Hall–Kier alpha value is -2.49. The average Bonchev–Trinajstić information content (AvgIpc) is 2.74. The summed E-state index contributed by atoms with van der Waals surface area (Å²) < 4.78 is 36.8. The van der Waals surface area contributed by atoms with Gasteiger partial charge in [-0.2, -0.15) is 0 Å². The molecule has 8 nitrogen and oxygen atoms in total. The van der Waals surface area contributed by atoms with Crippen LogP contribution >= 0.6 is 11.6 Å². The van der Waals surface area contributed by atoms with Gasteiger partial charge in [0.05, 0.1) is 32.3 Å². The van der Waals surface area contributed by atoms with Crippen molar-refractivity contribution in [1.29, 1.82) is 0 Å². The Kier molecular flexibility index (Phi) is 7.30. The van der Waals surface area contributed by atoms with Gasteiger partial charge in [-0.15, -0.1) is 0 Å². The zero-order valence-electron chi connectivity index (χ0n) is 17.7. The Balaban J connectivity index is 1.80. The first-order valence-electron chi connectivity index (χ1n) is 9.77. The average molecular weight is 468 g/mol. The number of hydrogen-bond donors (Lipinski definition) is 1. The molecule has 10 heteroatoms. The number of nitrogens with one attached hydrogen (secondary N) is 1. The van der Waals surface area contributed by atoms with Crippen LogP contribution < -0.4 is 19.3 Å². The van der Waals surface area contributed by atoms with Gasteiger partial charge in [-0.1, -0.05) is 11.6 Å². The van der Waals surface area contributed by atoms with Gasteiger partial charge in [0.1, 0.15) is 11.8 Å². The summed E-state index contributed by atoms with van der Waals surface area (Å²) in [5.41, 5.74) is 1.80. The topological polar surface area (TPSA) is 88.2 Å². The van der Waals surface area contributed by atoms with Gasteiger partial charge in [-0.25, -0.2) is 8.42 Å². The van der Waals surface area contributed by atoms with Crippen LogP contribution in [-0.2, 0) is 19.6 Å². The Bertz CT molecular complexity index is 1020.